The molecule has 1 amide bonds. The second-order valence-corrected chi connectivity index (χ2v) is 4.60. The summed E-state index contributed by atoms with van der Waals surface area (Å²) in [5.41, 5.74) is 0.775. The van der Waals surface area contributed by atoms with E-state index in [9.17, 15) is 14.0 Å². The SMILES string of the molecule is CCOC(=O)c1cccc(NC(=O)c2cc(F)ccc2OC)c1. The van der Waals surface area contributed by atoms with E-state index in [4.69, 9.17) is 9.47 Å². The number of carbonyl (C=O) groups is 2. The van der Waals surface area contributed by atoms with E-state index in [1.54, 1.807) is 25.1 Å². The van der Waals surface area contributed by atoms with Crippen LogP contribution in [0.2, 0.25) is 0 Å². The van der Waals surface area contributed by atoms with Gasteiger partial charge in [-0.25, -0.2) is 9.18 Å². The Bertz CT molecular complexity index is 730. The molecule has 0 aliphatic rings. The maximum Gasteiger partial charge on any atom is 0.338 e. The van der Waals surface area contributed by atoms with Gasteiger partial charge in [0.05, 0.1) is 24.8 Å². The lowest BCUT2D eigenvalue weighted by molar-refractivity contribution is 0.0526. The molecular weight excluding hydrogens is 301 g/mol. The fraction of sp³-hybridized carbons (Fsp3) is 0.176. The Labute approximate surface area is 133 Å². The molecule has 2 rings (SSSR count). The first-order chi connectivity index (χ1) is 11.0. The van der Waals surface area contributed by atoms with Crippen molar-refractivity contribution in [3.8, 4) is 5.75 Å². The van der Waals surface area contributed by atoms with E-state index in [-0.39, 0.29) is 17.9 Å². The molecule has 0 spiro atoms. The minimum absolute atomic E-state index is 0.0639. The van der Waals surface area contributed by atoms with E-state index in [1.165, 1.54) is 25.3 Å². The Morgan fingerprint density at radius 3 is 2.65 bits per heavy atom. The van der Waals surface area contributed by atoms with Crippen molar-refractivity contribution in [3.63, 3.8) is 0 Å². The van der Waals surface area contributed by atoms with Gasteiger partial charge >= 0.3 is 5.97 Å². The molecule has 1 N–H and O–H groups in total. The number of nitrogens with one attached hydrogen (secondary N) is 1. The monoisotopic (exact) mass is 317 g/mol. The van der Waals surface area contributed by atoms with E-state index in [0.717, 1.165) is 6.07 Å². The summed E-state index contributed by atoms with van der Waals surface area (Å²) < 4.78 is 23.3. The van der Waals surface area contributed by atoms with Crippen LogP contribution in [0.25, 0.3) is 0 Å². The van der Waals surface area contributed by atoms with Crippen LogP contribution in [0.4, 0.5) is 10.1 Å². The van der Waals surface area contributed by atoms with E-state index < -0.39 is 17.7 Å². The first-order valence-corrected chi connectivity index (χ1v) is 6.97. The zero-order valence-electron chi connectivity index (χ0n) is 12.8. The van der Waals surface area contributed by atoms with Crippen LogP contribution in [0.3, 0.4) is 0 Å². The van der Waals surface area contributed by atoms with Crippen LogP contribution in [0.1, 0.15) is 27.6 Å². The Morgan fingerprint density at radius 2 is 1.96 bits per heavy atom. The van der Waals surface area contributed by atoms with Crippen molar-refractivity contribution < 1.29 is 23.5 Å². The number of ether oxygens (including phenoxy) is 2. The van der Waals surface area contributed by atoms with Crippen LogP contribution < -0.4 is 10.1 Å². The normalized spacial score (nSPS) is 10.0. The van der Waals surface area contributed by atoms with Gasteiger partial charge in [0, 0.05) is 5.69 Å². The molecule has 0 saturated carbocycles. The highest BCUT2D eigenvalue weighted by Crippen LogP contribution is 2.21. The number of amides is 1. The van der Waals surface area contributed by atoms with Crippen LogP contribution in [0.5, 0.6) is 5.75 Å². The van der Waals surface area contributed by atoms with Crippen molar-refractivity contribution in [2.45, 2.75) is 6.92 Å². The smallest absolute Gasteiger partial charge is 0.338 e. The zero-order valence-corrected chi connectivity index (χ0v) is 12.8. The highest BCUT2D eigenvalue weighted by Gasteiger charge is 2.14. The third-order valence-corrected chi connectivity index (χ3v) is 3.04. The lowest BCUT2D eigenvalue weighted by atomic mass is 10.1. The molecule has 0 saturated heterocycles. The number of hydrogen-bond acceptors (Lipinski definition) is 4. The topological polar surface area (TPSA) is 64.6 Å². The molecule has 2 aromatic rings. The van der Waals surface area contributed by atoms with Crippen molar-refractivity contribution in [3.05, 3.63) is 59.4 Å². The van der Waals surface area contributed by atoms with Crippen LogP contribution in [0.15, 0.2) is 42.5 Å². The Morgan fingerprint density at radius 1 is 1.17 bits per heavy atom. The minimum atomic E-state index is -0.545. The largest absolute Gasteiger partial charge is 0.496 e. The predicted molar refractivity (Wildman–Crippen MR) is 83.3 cm³/mol. The van der Waals surface area contributed by atoms with Gasteiger partial charge < -0.3 is 14.8 Å². The molecule has 120 valence electrons. The molecule has 0 aliphatic heterocycles. The maximum atomic E-state index is 13.3. The summed E-state index contributed by atoms with van der Waals surface area (Å²) in [6.07, 6.45) is 0. The molecule has 0 bridgehead atoms. The van der Waals surface area contributed by atoms with Gasteiger partial charge in [-0.1, -0.05) is 6.07 Å². The molecule has 2 aromatic carbocycles. The summed E-state index contributed by atoms with van der Waals surface area (Å²) in [5, 5.41) is 2.60. The molecule has 6 heteroatoms. The Hall–Kier alpha value is -2.89. The number of halogens is 1. The van der Waals surface area contributed by atoms with Crippen molar-refractivity contribution in [1.82, 2.24) is 0 Å². The van der Waals surface area contributed by atoms with Gasteiger partial charge in [0.2, 0.25) is 0 Å². The summed E-state index contributed by atoms with van der Waals surface area (Å²) >= 11 is 0. The van der Waals surface area contributed by atoms with Gasteiger partial charge in [-0.2, -0.15) is 0 Å². The molecular formula is C17H16FNO4. The summed E-state index contributed by atoms with van der Waals surface area (Å²) in [5.74, 6) is -1.31. The molecule has 0 aromatic heterocycles. The van der Waals surface area contributed by atoms with Gasteiger partial charge in [-0.15, -0.1) is 0 Å². The molecule has 0 fully saturated rings. The molecule has 0 heterocycles. The zero-order chi connectivity index (χ0) is 16.8. The molecule has 0 atom stereocenters. The number of methoxy groups -OCH3 is 1. The lowest BCUT2D eigenvalue weighted by Gasteiger charge is -2.10. The average Bonchev–Trinajstić information content (AvgIpc) is 2.55. The van der Waals surface area contributed by atoms with E-state index in [2.05, 4.69) is 5.32 Å². The average molecular weight is 317 g/mol. The number of anilines is 1. The summed E-state index contributed by atoms with van der Waals surface area (Å²) in [4.78, 5) is 24.0. The van der Waals surface area contributed by atoms with Gasteiger partial charge in [-0.05, 0) is 43.3 Å². The standard InChI is InChI=1S/C17H16FNO4/c1-3-23-17(21)11-5-4-6-13(9-11)19-16(20)14-10-12(18)7-8-15(14)22-2/h4-10H,3H2,1-2H3,(H,19,20). The molecule has 0 radical (unpaired) electrons. The predicted octanol–water partition coefficient (Wildman–Crippen LogP) is 3.26. The summed E-state index contributed by atoms with van der Waals surface area (Å²) in [6, 6.07) is 9.97. The molecule has 5 nitrogen and oxygen atoms in total. The first-order valence-electron chi connectivity index (χ1n) is 6.97. The van der Waals surface area contributed by atoms with Gasteiger partial charge in [0.15, 0.2) is 0 Å². The van der Waals surface area contributed by atoms with Crippen molar-refractivity contribution >= 4 is 17.6 Å². The van der Waals surface area contributed by atoms with Gasteiger partial charge in [0.1, 0.15) is 11.6 Å². The lowest BCUT2D eigenvalue weighted by Crippen LogP contribution is -2.14. The highest BCUT2D eigenvalue weighted by molar-refractivity contribution is 6.06. The highest BCUT2D eigenvalue weighted by atomic mass is 19.1. The van der Waals surface area contributed by atoms with Crippen LogP contribution in [-0.4, -0.2) is 25.6 Å². The maximum absolute atomic E-state index is 13.3. The first kappa shape index (κ1) is 16.5. The van der Waals surface area contributed by atoms with E-state index in [1.807, 2.05) is 0 Å². The van der Waals surface area contributed by atoms with Gasteiger partial charge in [0.25, 0.3) is 5.91 Å². The number of rotatable bonds is 5. The number of hydrogen-bond donors (Lipinski definition) is 1. The fourth-order valence-corrected chi connectivity index (χ4v) is 1.99. The molecule has 0 unspecified atom stereocenters. The van der Waals surface area contributed by atoms with E-state index >= 15 is 0 Å². The second-order valence-electron chi connectivity index (χ2n) is 4.60. The van der Waals surface area contributed by atoms with Crippen molar-refractivity contribution in [1.29, 1.82) is 0 Å². The number of carbonyl (C=O) groups excluding carboxylic acids is 2. The number of benzene rings is 2. The fourth-order valence-electron chi connectivity index (χ4n) is 1.99. The van der Waals surface area contributed by atoms with Gasteiger partial charge in [-0.3, -0.25) is 4.79 Å². The van der Waals surface area contributed by atoms with E-state index in [0.29, 0.717) is 11.3 Å². The molecule has 0 aliphatic carbocycles. The second kappa shape index (κ2) is 7.40. The Balaban J connectivity index is 2.22. The van der Waals surface area contributed by atoms with Crippen LogP contribution in [0, 0.1) is 5.82 Å². The molecule has 23 heavy (non-hydrogen) atoms. The Kier molecular flexibility index (Phi) is 5.30. The number of esters is 1. The van der Waals surface area contributed by atoms with Crippen molar-refractivity contribution in [2.75, 3.05) is 19.0 Å². The third-order valence-electron chi connectivity index (χ3n) is 3.04. The van der Waals surface area contributed by atoms with Crippen LogP contribution in [-0.2, 0) is 4.74 Å². The summed E-state index contributed by atoms with van der Waals surface area (Å²) in [6.45, 7) is 1.97. The third kappa shape index (κ3) is 4.06. The van der Waals surface area contributed by atoms with Crippen LogP contribution >= 0.6 is 0 Å². The summed E-state index contributed by atoms with van der Waals surface area (Å²) in [7, 11) is 1.39. The van der Waals surface area contributed by atoms with Crippen molar-refractivity contribution in [2.24, 2.45) is 0 Å². The minimum Gasteiger partial charge on any atom is -0.496 e. The quantitative estimate of drug-likeness (QED) is 0.860.